The zero-order chi connectivity index (χ0) is 11.8. The number of benzene rings is 1. The SMILES string of the molecule is CC.CC.Cc1nc2ccc(F)cc2o1. The molecule has 0 N–H and O–H groups in total. The summed E-state index contributed by atoms with van der Waals surface area (Å²) < 4.78 is 17.7. The minimum absolute atomic E-state index is 0.298. The van der Waals surface area contributed by atoms with Gasteiger partial charge in [-0.15, -0.1) is 0 Å². The lowest BCUT2D eigenvalue weighted by Gasteiger charge is -1.84. The summed E-state index contributed by atoms with van der Waals surface area (Å²) >= 11 is 0. The highest BCUT2D eigenvalue weighted by atomic mass is 19.1. The molecule has 0 amide bonds. The van der Waals surface area contributed by atoms with Crippen LogP contribution in [0.4, 0.5) is 4.39 Å². The van der Waals surface area contributed by atoms with Crippen molar-refractivity contribution in [1.82, 2.24) is 4.98 Å². The van der Waals surface area contributed by atoms with E-state index in [9.17, 15) is 4.39 Å². The molecule has 2 nitrogen and oxygen atoms in total. The molecule has 0 radical (unpaired) electrons. The summed E-state index contributed by atoms with van der Waals surface area (Å²) in [5.41, 5.74) is 1.20. The molecule has 0 saturated heterocycles. The molecule has 15 heavy (non-hydrogen) atoms. The van der Waals surface area contributed by atoms with Gasteiger partial charge in [0.15, 0.2) is 11.5 Å². The van der Waals surface area contributed by atoms with Gasteiger partial charge < -0.3 is 4.42 Å². The quantitative estimate of drug-likeness (QED) is 0.648. The average Bonchev–Trinajstić information content (AvgIpc) is 2.63. The lowest BCUT2D eigenvalue weighted by atomic mass is 10.3. The monoisotopic (exact) mass is 211 g/mol. The Labute approximate surface area is 90.1 Å². The molecule has 0 bridgehead atoms. The molecule has 0 fully saturated rings. The molecule has 0 atom stereocenters. The molecule has 0 unspecified atom stereocenters. The minimum atomic E-state index is -0.298. The van der Waals surface area contributed by atoms with Crippen LogP contribution in [-0.4, -0.2) is 4.98 Å². The van der Waals surface area contributed by atoms with Crippen LogP contribution in [0.25, 0.3) is 11.1 Å². The Morgan fingerprint density at radius 1 is 1.13 bits per heavy atom. The van der Waals surface area contributed by atoms with Gasteiger partial charge in [0, 0.05) is 13.0 Å². The van der Waals surface area contributed by atoms with E-state index < -0.39 is 0 Å². The molecule has 1 aromatic heterocycles. The van der Waals surface area contributed by atoms with Crippen molar-refractivity contribution in [3.05, 3.63) is 29.9 Å². The third-order valence-electron chi connectivity index (χ3n) is 1.46. The fourth-order valence-corrected chi connectivity index (χ4v) is 1.01. The third-order valence-corrected chi connectivity index (χ3v) is 1.46. The van der Waals surface area contributed by atoms with Crippen molar-refractivity contribution in [2.45, 2.75) is 34.6 Å². The smallest absolute Gasteiger partial charge is 0.192 e. The number of aryl methyl sites for hydroxylation is 1. The van der Waals surface area contributed by atoms with E-state index in [4.69, 9.17) is 4.42 Å². The number of hydrogen-bond donors (Lipinski definition) is 0. The molecular formula is C12H18FNO. The molecule has 84 valence electrons. The van der Waals surface area contributed by atoms with Crippen molar-refractivity contribution in [2.24, 2.45) is 0 Å². The van der Waals surface area contributed by atoms with Crippen LogP contribution in [0.3, 0.4) is 0 Å². The van der Waals surface area contributed by atoms with Gasteiger partial charge in [0.1, 0.15) is 11.3 Å². The van der Waals surface area contributed by atoms with Gasteiger partial charge in [-0.05, 0) is 12.1 Å². The fraction of sp³-hybridized carbons (Fsp3) is 0.417. The van der Waals surface area contributed by atoms with Gasteiger partial charge in [-0.1, -0.05) is 27.7 Å². The van der Waals surface area contributed by atoms with E-state index in [1.165, 1.54) is 12.1 Å². The Hall–Kier alpha value is -1.38. The molecule has 0 aliphatic heterocycles. The van der Waals surface area contributed by atoms with Gasteiger partial charge in [0.2, 0.25) is 0 Å². The first-order valence-corrected chi connectivity index (χ1v) is 5.28. The van der Waals surface area contributed by atoms with E-state index in [0.717, 1.165) is 0 Å². The summed E-state index contributed by atoms with van der Waals surface area (Å²) in [6.45, 7) is 9.73. The number of halogens is 1. The average molecular weight is 211 g/mol. The molecule has 0 aliphatic carbocycles. The van der Waals surface area contributed by atoms with Crippen LogP contribution in [0.2, 0.25) is 0 Å². The van der Waals surface area contributed by atoms with Crippen molar-refractivity contribution in [2.75, 3.05) is 0 Å². The van der Waals surface area contributed by atoms with Crippen LogP contribution in [-0.2, 0) is 0 Å². The predicted octanol–water partition coefficient (Wildman–Crippen LogP) is 4.33. The van der Waals surface area contributed by atoms with Crippen LogP contribution >= 0.6 is 0 Å². The standard InChI is InChI=1S/C8H6FNO.2C2H6/c1-5-10-7-3-2-6(9)4-8(7)11-5;2*1-2/h2-4H,1H3;2*1-2H3. The van der Waals surface area contributed by atoms with Gasteiger partial charge in [0.05, 0.1) is 0 Å². The van der Waals surface area contributed by atoms with Gasteiger partial charge in [0.25, 0.3) is 0 Å². The zero-order valence-corrected chi connectivity index (χ0v) is 9.97. The number of rotatable bonds is 0. The van der Waals surface area contributed by atoms with Crippen molar-refractivity contribution in [3.63, 3.8) is 0 Å². The van der Waals surface area contributed by atoms with E-state index in [1.807, 2.05) is 27.7 Å². The lowest BCUT2D eigenvalue weighted by molar-refractivity contribution is 0.556. The molecule has 1 heterocycles. The van der Waals surface area contributed by atoms with Crippen molar-refractivity contribution in [1.29, 1.82) is 0 Å². The van der Waals surface area contributed by atoms with Crippen molar-refractivity contribution >= 4 is 11.1 Å². The summed E-state index contributed by atoms with van der Waals surface area (Å²) in [5, 5.41) is 0. The maximum absolute atomic E-state index is 12.6. The molecule has 2 rings (SSSR count). The van der Waals surface area contributed by atoms with Crippen molar-refractivity contribution < 1.29 is 8.81 Å². The van der Waals surface area contributed by atoms with E-state index in [-0.39, 0.29) is 5.82 Å². The van der Waals surface area contributed by atoms with E-state index in [1.54, 1.807) is 13.0 Å². The normalized spacial score (nSPS) is 8.67. The molecule has 2 aromatic rings. The first kappa shape index (κ1) is 13.6. The van der Waals surface area contributed by atoms with E-state index >= 15 is 0 Å². The zero-order valence-electron chi connectivity index (χ0n) is 9.97. The molecule has 3 heteroatoms. The number of aromatic nitrogens is 1. The summed E-state index contributed by atoms with van der Waals surface area (Å²) in [6.07, 6.45) is 0. The van der Waals surface area contributed by atoms with Gasteiger partial charge in [-0.2, -0.15) is 0 Å². The largest absolute Gasteiger partial charge is 0.441 e. The number of fused-ring (bicyclic) bond motifs is 1. The topological polar surface area (TPSA) is 26.0 Å². The molecule has 0 aliphatic rings. The van der Waals surface area contributed by atoms with Crippen LogP contribution in [0, 0.1) is 12.7 Å². The Bertz CT molecular complexity index is 395. The highest BCUT2D eigenvalue weighted by Crippen LogP contribution is 2.15. The number of nitrogens with zero attached hydrogens (tertiary/aromatic N) is 1. The van der Waals surface area contributed by atoms with Crippen LogP contribution in [0.15, 0.2) is 22.6 Å². The highest BCUT2D eigenvalue weighted by molar-refractivity contribution is 5.72. The number of hydrogen-bond acceptors (Lipinski definition) is 2. The Kier molecular flexibility index (Phi) is 6.34. The summed E-state index contributed by atoms with van der Waals surface area (Å²) in [6, 6.07) is 4.29. The molecular weight excluding hydrogens is 193 g/mol. The Morgan fingerprint density at radius 2 is 1.73 bits per heavy atom. The van der Waals surface area contributed by atoms with Gasteiger partial charge in [-0.3, -0.25) is 0 Å². The maximum Gasteiger partial charge on any atom is 0.192 e. The first-order chi connectivity index (χ1) is 7.25. The van der Waals surface area contributed by atoms with E-state index in [0.29, 0.717) is 17.0 Å². The predicted molar refractivity (Wildman–Crippen MR) is 61.4 cm³/mol. The summed E-state index contributed by atoms with van der Waals surface area (Å²) in [5.74, 6) is 0.263. The second-order valence-corrected chi connectivity index (χ2v) is 2.34. The van der Waals surface area contributed by atoms with Gasteiger partial charge in [-0.25, -0.2) is 9.37 Å². The van der Waals surface area contributed by atoms with E-state index in [2.05, 4.69) is 4.98 Å². The third kappa shape index (κ3) is 3.70. The maximum atomic E-state index is 12.6. The molecule has 1 aromatic carbocycles. The first-order valence-electron chi connectivity index (χ1n) is 5.28. The Balaban J connectivity index is 0.000000442. The summed E-state index contributed by atoms with van der Waals surface area (Å²) in [4.78, 5) is 4.02. The summed E-state index contributed by atoms with van der Waals surface area (Å²) in [7, 11) is 0. The second kappa shape index (κ2) is 6.98. The lowest BCUT2D eigenvalue weighted by Crippen LogP contribution is -1.71. The van der Waals surface area contributed by atoms with Crippen LogP contribution in [0.5, 0.6) is 0 Å². The number of oxazole rings is 1. The fourth-order valence-electron chi connectivity index (χ4n) is 1.01. The van der Waals surface area contributed by atoms with Gasteiger partial charge >= 0.3 is 0 Å². The minimum Gasteiger partial charge on any atom is -0.441 e. The second-order valence-electron chi connectivity index (χ2n) is 2.34. The Morgan fingerprint density at radius 3 is 2.33 bits per heavy atom. The molecule has 0 spiro atoms. The van der Waals surface area contributed by atoms with Crippen LogP contribution in [0.1, 0.15) is 33.6 Å². The highest BCUT2D eigenvalue weighted by Gasteiger charge is 2.01. The van der Waals surface area contributed by atoms with Crippen molar-refractivity contribution in [3.8, 4) is 0 Å². The molecule has 0 saturated carbocycles. The van der Waals surface area contributed by atoms with Crippen LogP contribution < -0.4 is 0 Å².